The lowest BCUT2D eigenvalue weighted by molar-refractivity contribution is 0.299. The van der Waals surface area contributed by atoms with E-state index in [9.17, 15) is 0 Å². The van der Waals surface area contributed by atoms with Gasteiger partial charge in [-0.05, 0) is 36.3 Å². The van der Waals surface area contributed by atoms with Crippen LogP contribution in [-0.2, 0) is 11.8 Å². The highest BCUT2D eigenvalue weighted by molar-refractivity contribution is 5.47. The minimum Gasteiger partial charge on any atom is -0.496 e. The standard InChI is InChI=1S/C15H24O2/c1-6-15(3,4)13-10-12(7-8-16)9-11(2)14(13)17-5/h9-10,16H,6-8H2,1-5H3. The number of methoxy groups -OCH3 is 1. The maximum absolute atomic E-state index is 9.06. The van der Waals surface area contributed by atoms with E-state index in [2.05, 4.69) is 39.8 Å². The van der Waals surface area contributed by atoms with Crippen molar-refractivity contribution in [3.8, 4) is 5.75 Å². The average molecular weight is 236 g/mol. The number of aliphatic hydroxyl groups excluding tert-OH is 1. The van der Waals surface area contributed by atoms with Crippen LogP contribution in [0.25, 0.3) is 0 Å². The van der Waals surface area contributed by atoms with Crippen molar-refractivity contribution in [2.45, 2.75) is 46.0 Å². The zero-order valence-corrected chi connectivity index (χ0v) is 11.6. The first-order valence-corrected chi connectivity index (χ1v) is 6.25. The van der Waals surface area contributed by atoms with Crippen LogP contribution in [0.2, 0.25) is 0 Å². The molecule has 0 aliphatic carbocycles. The summed E-state index contributed by atoms with van der Waals surface area (Å²) >= 11 is 0. The zero-order valence-electron chi connectivity index (χ0n) is 11.6. The van der Waals surface area contributed by atoms with Crippen molar-refractivity contribution in [2.24, 2.45) is 0 Å². The summed E-state index contributed by atoms with van der Waals surface area (Å²) in [5.74, 6) is 0.985. The fourth-order valence-electron chi connectivity index (χ4n) is 2.09. The molecule has 0 amide bonds. The first kappa shape index (κ1) is 14.0. The molecule has 1 aromatic rings. The molecule has 0 atom stereocenters. The quantitative estimate of drug-likeness (QED) is 0.850. The molecule has 1 aromatic carbocycles. The summed E-state index contributed by atoms with van der Waals surface area (Å²) in [4.78, 5) is 0. The lowest BCUT2D eigenvalue weighted by atomic mass is 9.80. The molecule has 0 saturated heterocycles. The maximum atomic E-state index is 9.06. The van der Waals surface area contributed by atoms with Gasteiger partial charge < -0.3 is 9.84 Å². The molecule has 0 fully saturated rings. The van der Waals surface area contributed by atoms with Gasteiger partial charge in [-0.2, -0.15) is 0 Å². The van der Waals surface area contributed by atoms with Crippen LogP contribution in [-0.4, -0.2) is 18.8 Å². The maximum Gasteiger partial charge on any atom is 0.125 e. The van der Waals surface area contributed by atoms with Crippen LogP contribution in [0.4, 0.5) is 0 Å². The van der Waals surface area contributed by atoms with Crippen molar-refractivity contribution in [3.05, 3.63) is 28.8 Å². The Kier molecular flexibility index (Phi) is 4.58. The van der Waals surface area contributed by atoms with Gasteiger partial charge >= 0.3 is 0 Å². The van der Waals surface area contributed by atoms with Crippen molar-refractivity contribution < 1.29 is 9.84 Å². The van der Waals surface area contributed by atoms with Gasteiger partial charge in [0.2, 0.25) is 0 Å². The fourth-order valence-corrected chi connectivity index (χ4v) is 2.09. The highest BCUT2D eigenvalue weighted by atomic mass is 16.5. The molecule has 0 aliphatic rings. The number of aliphatic hydroxyl groups is 1. The van der Waals surface area contributed by atoms with E-state index in [1.807, 2.05) is 0 Å². The van der Waals surface area contributed by atoms with E-state index in [4.69, 9.17) is 9.84 Å². The Morgan fingerprint density at radius 1 is 1.29 bits per heavy atom. The highest BCUT2D eigenvalue weighted by Gasteiger charge is 2.24. The first-order valence-electron chi connectivity index (χ1n) is 6.25. The van der Waals surface area contributed by atoms with E-state index in [1.165, 1.54) is 11.1 Å². The zero-order chi connectivity index (χ0) is 13.1. The van der Waals surface area contributed by atoms with E-state index < -0.39 is 0 Å². The lowest BCUT2D eigenvalue weighted by Crippen LogP contribution is -2.18. The van der Waals surface area contributed by atoms with Gasteiger partial charge in [0.1, 0.15) is 5.75 Å². The number of aryl methyl sites for hydroxylation is 1. The molecule has 0 spiro atoms. The van der Waals surface area contributed by atoms with Crippen molar-refractivity contribution in [1.82, 2.24) is 0 Å². The van der Waals surface area contributed by atoms with Crippen molar-refractivity contribution >= 4 is 0 Å². The molecule has 0 saturated carbocycles. The number of benzene rings is 1. The minimum atomic E-state index is 0.0988. The van der Waals surface area contributed by atoms with E-state index >= 15 is 0 Å². The molecular weight excluding hydrogens is 212 g/mol. The first-order chi connectivity index (χ1) is 7.96. The minimum absolute atomic E-state index is 0.0988. The molecule has 2 heteroatoms. The number of hydrogen-bond donors (Lipinski definition) is 1. The Labute approximate surface area is 105 Å². The van der Waals surface area contributed by atoms with Gasteiger partial charge in [0.05, 0.1) is 7.11 Å². The molecule has 0 unspecified atom stereocenters. The number of rotatable bonds is 5. The number of ether oxygens (including phenoxy) is 1. The van der Waals surface area contributed by atoms with Crippen LogP contribution in [0.5, 0.6) is 5.75 Å². The average Bonchev–Trinajstić information content (AvgIpc) is 2.28. The van der Waals surface area contributed by atoms with Crippen LogP contribution in [0, 0.1) is 6.92 Å². The molecule has 2 nitrogen and oxygen atoms in total. The number of hydrogen-bond acceptors (Lipinski definition) is 2. The predicted octanol–water partition coefficient (Wildman–Crippen LogP) is 3.23. The Morgan fingerprint density at radius 2 is 1.94 bits per heavy atom. The van der Waals surface area contributed by atoms with E-state index in [1.54, 1.807) is 7.11 Å². The SMILES string of the molecule is CCC(C)(C)c1cc(CCO)cc(C)c1OC. The summed E-state index contributed by atoms with van der Waals surface area (Å²) in [5, 5.41) is 9.06. The second kappa shape index (κ2) is 5.54. The molecule has 0 heterocycles. The monoisotopic (exact) mass is 236 g/mol. The summed E-state index contributed by atoms with van der Waals surface area (Å²) in [5.41, 5.74) is 3.67. The largest absolute Gasteiger partial charge is 0.496 e. The van der Waals surface area contributed by atoms with Crippen molar-refractivity contribution in [3.63, 3.8) is 0 Å². The Hall–Kier alpha value is -1.02. The van der Waals surface area contributed by atoms with Crippen molar-refractivity contribution in [2.75, 3.05) is 13.7 Å². The van der Waals surface area contributed by atoms with Gasteiger partial charge in [-0.15, -0.1) is 0 Å². The molecule has 1 N–H and O–H groups in total. The van der Waals surface area contributed by atoms with E-state index in [0.717, 1.165) is 17.7 Å². The summed E-state index contributed by atoms with van der Waals surface area (Å²) in [6, 6.07) is 4.27. The van der Waals surface area contributed by atoms with Crippen molar-refractivity contribution in [1.29, 1.82) is 0 Å². The summed E-state index contributed by atoms with van der Waals surface area (Å²) in [6.45, 7) is 8.90. The van der Waals surface area contributed by atoms with Crippen LogP contribution >= 0.6 is 0 Å². The fraction of sp³-hybridized carbons (Fsp3) is 0.600. The Balaban J connectivity index is 3.33. The molecule has 0 aliphatic heterocycles. The highest BCUT2D eigenvalue weighted by Crippen LogP contribution is 2.37. The third kappa shape index (κ3) is 3.01. The van der Waals surface area contributed by atoms with Gasteiger partial charge in [-0.1, -0.05) is 32.9 Å². The Bertz CT molecular complexity index is 381. The van der Waals surface area contributed by atoms with E-state index in [-0.39, 0.29) is 12.0 Å². The van der Waals surface area contributed by atoms with Gasteiger partial charge in [-0.25, -0.2) is 0 Å². The van der Waals surface area contributed by atoms with Gasteiger partial charge in [-0.3, -0.25) is 0 Å². The van der Waals surface area contributed by atoms with E-state index in [0.29, 0.717) is 6.42 Å². The molecule has 0 radical (unpaired) electrons. The van der Waals surface area contributed by atoms with Gasteiger partial charge in [0, 0.05) is 12.2 Å². The van der Waals surface area contributed by atoms with Gasteiger partial charge in [0.15, 0.2) is 0 Å². The third-order valence-corrected chi connectivity index (χ3v) is 3.55. The second-order valence-corrected chi connectivity index (χ2v) is 5.20. The van der Waals surface area contributed by atoms with Crippen LogP contribution in [0.3, 0.4) is 0 Å². The smallest absolute Gasteiger partial charge is 0.125 e. The summed E-state index contributed by atoms with van der Waals surface area (Å²) in [6.07, 6.45) is 1.77. The van der Waals surface area contributed by atoms with Crippen LogP contribution < -0.4 is 4.74 Å². The summed E-state index contributed by atoms with van der Waals surface area (Å²) in [7, 11) is 1.73. The molecular formula is C15H24O2. The summed E-state index contributed by atoms with van der Waals surface area (Å²) < 4.78 is 5.53. The van der Waals surface area contributed by atoms with Gasteiger partial charge in [0.25, 0.3) is 0 Å². The molecule has 0 aromatic heterocycles. The van der Waals surface area contributed by atoms with Crippen LogP contribution in [0.15, 0.2) is 12.1 Å². The normalized spacial score (nSPS) is 11.6. The molecule has 1 rings (SSSR count). The van der Waals surface area contributed by atoms with Crippen LogP contribution in [0.1, 0.15) is 43.9 Å². The lowest BCUT2D eigenvalue weighted by Gasteiger charge is -2.27. The molecule has 17 heavy (non-hydrogen) atoms. The topological polar surface area (TPSA) is 29.5 Å². The predicted molar refractivity (Wildman–Crippen MR) is 71.8 cm³/mol. The molecule has 96 valence electrons. The molecule has 0 bridgehead atoms. The Morgan fingerprint density at radius 3 is 2.41 bits per heavy atom. The third-order valence-electron chi connectivity index (χ3n) is 3.55. The second-order valence-electron chi connectivity index (χ2n) is 5.20.